The van der Waals surface area contributed by atoms with Gasteiger partial charge in [-0.25, -0.2) is 0 Å². The van der Waals surface area contributed by atoms with Crippen molar-refractivity contribution in [3.05, 3.63) is 113 Å². The van der Waals surface area contributed by atoms with Crippen LogP contribution in [0.2, 0.25) is 0 Å². The van der Waals surface area contributed by atoms with Gasteiger partial charge in [0, 0.05) is 0 Å². The second-order valence-corrected chi connectivity index (χ2v) is 12.7. The Balaban J connectivity index is 1.10. The molecule has 0 N–H and O–H groups in total. The Hall–Kier alpha value is -3.96. The number of epoxide rings is 3. The zero-order valence-corrected chi connectivity index (χ0v) is 27.6. The van der Waals surface area contributed by atoms with Gasteiger partial charge < -0.3 is 42.6 Å². The predicted molar refractivity (Wildman–Crippen MR) is 182 cm³/mol. The highest BCUT2D eigenvalue weighted by Gasteiger charge is 2.46. The fourth-order valence-corrected chi connectivity index (χ4v) is 6.57. The number of rotatable bonds is 20. The molecule has 4 aromatic rings. The van der Waals surface area contributed by atoms with E-state index in [0.29, 0.717) is 71.0 Å². The normalized spacial score (nSPS) is 20.7. The Morgan fingerprint density at radius 1 is 0.490 bits per heavy atom. The minimum atomic E-state index is -0.608. The summed E-state index contributed by atoms with van der Waals surface area (Å²) in [5, 5.41) is 0. The van der Waals surface area contributed by atoms with Gasteiger partial charge in [-0.2, -0.15) is 0 Å². The van der Waals surface area contributed by atoms with Gasteiger partial charge in [0.2, 0.25) is 0 Å². The molecule has 0 radical (unpaired) electrons. The van der Waals surface area contributed by atoms with Gasteiger partial charge in [0.25, 0.3) is 0 Å². The Morgan fingerprint density at radius 2 is 0.959 bits per heavy atom. The lowest BCUT2D eigenvalue weighted by Crippen LogP contribution is -2.28. The quantitative estimate of drug-likeness (QED) is 0.0797. The molecule has 9 nitrogen and oxygen atoms in total. The van der Waals surface area contributed by atoms with Crippen molar-refractivity contribution in [1.29, 1.82) is 0 Å². The first-order chi connectivity index (χ1) is 24.3. The first kappa shape index (κ1) is 32.3. The Bertz CT molecular complexity index is 1650. The summed E-state index contributed by atoms with van der Waals surface area (Å²) < 4.78 is 51.6. The molecular weight excluding hydrogens is 624 g/mol. The summed E-state index contributed by atoms with van der Waals surface area (Å²) in [6.07, 6.45) is 0.671. The van der Waals surface area contributed by atoms with Crippen molar-refractivity contribution >= 4 is 0 Å². The molecule has 3 heterocycles. The molecule has 9 heteroatoms. The molecule has 3 atom stereocenters. The third kappa shape index (κ3) is 7.48. The SMILES string of the molecule is c1ccc2c(c1)-c1ccccc1C2(c1ccc(OCCOCC2CO2)cc1)c1ccc(OCCOCC2CO2)c(OCCOCC2CO2)c1. The third-order valence-electron chi connectivity index (χ3n) is 9.20. The molecule has 8 rings (SSSR count). The average molecular weight is 667 g/mol. The highest BCUT2D eigenvalue weighted by atomic mass is 16.6. The molecule has 3 aliphatic heterocycles. The lowest BCUT2D eigenvalue weighted by molar-refractivity contribution is 0.0801. The first-order valence-corrected chi connectivity index (χ1v) is 17.2. The smallest absolute Gasteiger partial charge is 0.161 e. The third-order valence-corrected chi connectivity index (χ3v) is 9.20. The minimum absolute atomic E-state index is 0.207. The number of hydrogen-bond donors (Lipinski definition) is 0. The summed E-state index contributed by atoms with van der Waals surface area (Å²) in [5.74, 6) is 2.12. The van der Waals surface area contributed by atoms with Gasteiger partial charge in [0.15, 0.2) is 11.5 Å². The number of benzene rings is 4. The van der Waals surface area contributed by atoms with Gasteiger partial charge in [0.1, 0.15) is 43.9 Å². The summed E-state index contributed by atoms with van der Waals surface area (Å²) >= 11 is 0. The monoisotopic (exact) mass is 666 g/mol. The number of hydrogen-bond acceptors (Lipinski definition) is 9. The van der Waals surface area contributed by atoms with Crippen LogP contribution in [0.3, 0.4) is 0 Å². The summed E-state index contributed by atoms with van der Waals surface area (Å²) in [4.78, 5) is 0. The van der Waals surface area contributed by atoms with E-state index in [4.69, 9.17) is 42.6 Å². The van der Waals surface area contributed by atoms with Gasteiger partial charge in [-0.05, 0) is 57.6 Å². The molecule has 4 aliphatic rings. The molecule has 4 aromatic carbocycles. The molecule has 0 bridgehead atoms. The summed E-state index contributed by atoms with van der Waals surface area (Å²) in [5.41, 5.74) is 6.44. The summed E-state index contributed by atoms with van der Waals surface area (Å²) in [7, 11) is 0. The van der Waals surface area contributed by atoms with Crippen LogP contribution in [0, 0.1) is 0 Å². The lowest BCUT2D eigenvalue weighted by Gasteiger charge is -2.34. The molecule has 256 valence electrons. The van der Waals surface area contributed by atoms with Gasteiger partial charge in [0.05, 0.1) is 64.9 Å². The van der Waals surface area contributed by atoms with E-state index < -0.39 is 5.41 Å². The van der Waals surface area contributed by atoms with Crippen LogP contribution >= 0.6 is 0 Å². The van der Waals surface area contributed by atoms with Crippen molar-refractivity contribution in [2.75, 3.05) is 79.3 Å². The first-order valence-electron chi connectivity index (χ1n) is 17.2. The molecule has 3 unspecified atom stereocenters. The molecule has 0 saturated carbocycles. The van der Waals surface area contributed by atoms with Gasteiger partial charge in [-0.3, -0.25) is 0 Å². The van der Waals surface area contributed by atoms with Crippen molar-refractivity contribution in [2.24, 2.45) is 0 Å². The molecule has 3 saturated heterocycles. The van der Waals surface area contributed by atoms with E-state index in [0.717, 1.165) is 36.7 Å². The van der Waals surface area contributed by atoms with Crippen molar-refractivity contribution in [1.82, 2.24) is 0 Å². The fourth-order valence-electron chi connectivity index (χ4n) is 6.57. The van der Waals surface area contributed by atoms with Gasteiger partial charge in [-0.15, -0.1) is 0 Å². The van der Waals surface area contributed by atoms with Crippen LogP contribution in [0.15, 0.2) is 91.0 Å². The maximum Gasteiger partial charge on any atom is 0.161 e. The maximum atomic E-state index is 6.41. The van der Waals surface area contributed by atoms with Crippen LogP contribution < -0.4 is 14.2 Å². The molecular formula is C40H42O9. The summed E-state index contributed by atoms with van der Waals surface area (Å²) in [6.45, 7) is 6.78. The lowest BCUT2D eigenvalue weighted by atomic mass is 9.67. The van der Waals surface area contributed by atoms with Crippen LogP contribution in [-0.4, -0.2) is 97.6 Å². The van der Waals surface area contributed by atoms with Gasteiger partial charge >= 0.3 is 0 Å². The van der Waals surface area contributed by atoms with Crippen LogP contribution in [0.1, 0.15) is 22.3 Å². The van der Waals surface area contributed by atoms with E-state index in [1.165, 1.54) is 22.3 Å². The van der Waals surface area contributed by atoms with Crippen molar-refractivity contribution in [3.63, 3.8) is 0 Å². The minimum Gasteiger partial charge on any atom is -0.491 e. The fraction of sp³-hybridized carbons (Fsp3) is 0.400. The zero-order chi connectivity index (χ0) is 32.9. The van der Waals surface area contributed by atoms with Crippen molar-refractivity contribution < 1.29 is 42.6 Å². The second-order valence-electron chi connectivity index (χ2n) is 12.7. The number of ether oxygens (including phenoxy) is 9. The molecule has 3 fully saturated rings. The van der Waals surface area contributed by atoms with Crippen LogP contribution in [0.25, 0.3) is 11.1 Å². The van der Waals surface area contributed by atoms with E-state index in [2.05, 4.69) is 72.8 Å². The average Bonchev–Trinajstić information content (AvgIpc) is 3.99. The Labute approximate surface area is 286 Å². The Morgan fingerprint density at radius 3 is 1.49 bits per heavy atom. The largest absolute Gasteiger partial charge is 0.491 e. The molecule has 49 heavy (non-hydrogen) atoms. The topological polar surface area (TPSA) is 93.0 Å². The van der Waals surface area contributed by atoms with E-state index in [1.54, 1.807) is 0 Å². The maximum absolute atomic E-state index is 6.41. The highest BCUT2D eigenvalue weighted by molar-refractivity contribution is 5.86. The van der Waals surface area contributed by atoms with E-state index in [-0.39, 0.29) is 18.3 Å². The van der Waals surface area contributed by atoms with Crippen LogP contribution in [0.4, 0.5) is 0 Å². The molecule has 0 amide bonds. The van der Waals surface area contributed by atoms with Crippen molar-refractivity contribution in [2.45, 2.75) is 23.7 Å². The Kier molecular flexibility index (Phi) is 9.80. The van der Waals surface area contributed by atoms with Crippen molar-refractivity contribution in [3.8, 4) is 28.4 Å². The van der Waals surface area contributed by atoms with Crippen LogP contribution in [-0.2, 0) is 33.8 Å². The van der Waals surface area contributed by atoms with E-state index >= 15 is 0 Å². The predicted octanol–water partition coefficient (Wildman–Crippen LogP) is 5.43. The summed E-state index contributed by atoms with van der Waals surface area (Å²) in [6, 6.07) is 32.1. The van der Waals surface area contributed by atoms with Gasteiger partial charge in [-0.1, -0.05) is 66.7 Å². The second kappa shape index (κ2) is 14.9. The van der Waals surface area contributed by atoms with E-state index in [9.17, 15) is 0 Å². The van der Waals surface area contributed by atoms with E-state index in [1.807, 2.05) is 18.2 Å². The molecule has 0 aromatic heterocycles. The zero-order valence-electron chi connectivity index (χ0n) is 27.6. The van der Waals surface area contributed by atoms with Crippen LogP contribution in [0.5, 0.6) is 17.2 Å². The highest BCUT2D eigenvalue weighted by Crippen LogP contribution is 2.56. The number of fused-ring (bicyclic) bond motifs is 3. The standard InChI is InChI=1S/C40H42O9/c1-3-7-36-34(5-1)35-6-2-4-8-37(35)40(36,28-9-12-30(13-10-28)44-18-15-41-22-31-25-47-31)29-11-14-38(45-19-16-42-23-32-26-48-32)39(21-29)46-20-17-43-24-33-27-49-33/h1-14,21,31-33H,15-20,22-27H2. The molecule has 0 spiro atoms. The molecule has 1 aliphatic carbocycles.